The summed E-state index contributed by atoms with van der Waals surface area (Å²) in [6, 6.07) is 1.46. The van der Waals surface area contributed by atoms with E-state index in [9.17, 15) is 35.9 Å². The molecular formula is C21H26F6N4O3. The quantitative estimate of drug-likeness (QED) is 0.541. The molecular weight excluding hydrogens is 470 g/mol. The Morgan fingerprint density at radius 3 is 2.47 bits per heavy atom. The van der Waals surface area contributed by atoms with E-state index in [1.165, 1.54) is 6.07 Å². The van der Waals surface area contributed by atoms with Gasteiger partial charge in [-0.05, 0) is 37.0 Å². The van der Waals surface area contributed by atoms with Gasteiger partial charge in [0.1, 0.15) is 12.6 Å². The first kappa shape index (κ1) is 26.2. The molecule has 0 radical (unpaired) electrons. The van der Waals surface area contributed by atoms with Crippen molar-refractivity contribution in [3.05, 3.63) is 23.8 Å². The van der Waals surface area contributed by atoms with Crippen LogP contribution in [0.2, 0.25) is 0 Å². The molecule has 0 aromatic heterocycles. The van der Waals surface area contributed by atoms with Crippen LogP contribution in [0, 0.1) is 5.92 Å². The van der Waals surface area contributed by atoms with Crippen LogP contribution in [0.5, 0.6) is 0 Å². The van der Waals surface area contributed by atoms with Crippen molar-refractivity contribution in [2.45, 2.75) is 37.7 Å². The van der Waals surface area contributed by atoms with Gasteiger partial charge in [0.2, 0.25) is 5.91 Å². The largest absolute Gasteiger partial charge is 0.418 e. The molecule has 1 atom stereocenters. The number of benzene rings is 1. The monoisotopic (exact) mass is 496 g/mol. The molecule has 7 nitrogen and oxygen atoms in total. The lowest BCUT2D eigenvalue weighted by atomic mass is 9.85. The fourth-order valence-electron chi connectivity index (χ4n) is 4.01. The van der Waals surface area contributed by atoms with Gasteiger partial charge in [0.05, 0.1) is 24.4 Å². The van der Waals surface area contributed by atoms with E-state index in [1.54, 1.807) is 0 Å². The molecule has 0 bridgehead atoms. The maximum atomic E-state index is 13.8. The summed E-state index contributed by atoms with van der Waals surface area (Å²) in [6.45, 7) is -1.99. The summed E-state index contributed by atoms with van der Waals surface area (Å²) >= 11 is 0. The molecule has 190 valence electrons. The van der Waals surface area contributed by atoms with Gasteiger partial charge in [0, 0.05) is 25.3 Å². The summed E-state index contributed by atoms with van der Waals surface area (Å²) in [5, 5.41) is 2.11. The first-order chi connectivity index (χ1) is 15.9. The van der Waals surface area contributed by atoms with Gasteiger partial charge >= 0.3 is 12.4 Å². The van der Waals surface area contributed by atoms with Gasteiger partial charge in [-0.25, -0.2) is 0 Å². The number of morpholine rings is 1. The zero-order valence-corrected chi connectivity index (χ0v) is 18.2. The zero-order valence-electron chi connectivity index (χ0n) is 18.2. The summed E-state index contributed by atoms with van der Waals surface area (Å²) in [5.74, 6) is -1.61. The van der Waals surface area contributed by atoms with Gasteiger partial charge in [-0.1, -0.05) is 6.42 Å². The second-order valence-electron chi connectivity index (χ2n) is 8.41. The van der Waals surface area contributed by atoms with Crippen molar-refractivity contribution in [3.63, 3.8) is 0 Å². The Labute approximate surface area is 192 Å². The predicted octanol–water partition coefficient (Wildman–Crippen LogP) is 3.00. The minimum Gasteiger partial charge on any atom is -0.370 e. The highest BCUT2D eigenvalue weighted by Crippen LogP contribution is 2.38. The molecule has 0 unspecified atom stereocenters. The number of hydrogen-bond donors (Lipinski definition) is 2. The number of halogens is 6. The minimum absolute atomic E-state index is 0.0275. The molecule has 2 fully saturated rings. The number of hydrogen-bond acceptors (Lipinski definition) is 5. The Kier molecular flexibility index (Phi) is 8.09. The normalized spacial score (nSPS) is 18.7. The number of carbonyl (C=O) groups excluding carboxylic acids is 2. The van der Waals surface area contributed by atoms with Gasteiger partial charge < -0.3 is 20.7 Å². The molecule has 3 N–H and O–H groups in total. The maximum absolute atomic E-state index is 13.8. The Balaban J connectivity index is 1.84. The SMILES string of the molecule is NC[C@H](C(=O)Nc1ccc(N2CCOCC2=O)cc1C(F)(F)F)N(CC1CCC1)CC(F)(F)F. The first-order valence-electron chi connectivity index (χ1n) is 10.8. The topological polar surface area (TPSA) is 87.9 Å². The van der Waals surface area contributed by atoms with E-state index in [4.69, 9.17) is 10.5 Å². The van der Waals surface area contributed by atoms with Gasteiger partial charge in [0.25, 0.3) is 5.91 Å². The van der Waals surface area contributed by atoms with Crippen molar-refractivity contribution in [1.82, 2.24) is 4.90 Å². The summed E-state index contributed by atoms with van der Waals surface area (Å²) in [7, 11) is 0. The summed E-state index contributed by atoms with van der Waals surface area (Å²) in [5.41, 5.74) is 3.71. The van der Waals surface area contributed by atoms with Crippen LogP contribution in [-0.2, 0) is 20.5 Å². The van der Waals surface area contributed by atoms with E-state index in [1.807, 2.05) is 0 Å². The minimum atomic E-state index is -4.90. The van der Waals surface area contributed by atoms with Gasteiger partial charge in [-0.15, -0.1) is 0 Å². The average Bonchev–Trinajstić information content (AvgIpc) is 2.70. The molecule has 1 heterocycles. The number of nitrogens with two attached hydrogens (primary N) is 1. The molecule has 1 aliphatic carbocycles. The van der Waals surface area contributed by atoms with Crippen LogP contribution in [0.15, 0.2) is 18.2 Å². The highest BCUT2D eigenvalue weighted by molar-refractivity contribution is 5.98. The number of anilines is 2. The van der Waals surface area contributed by atoms with E-state index in [0.717, 1.165) is 28.4 Å². The van der Waals surface area contributed by atoms with Gasteiger partial charge in [-0.3, -0.25) is 14.5 Å². The summed E-state index contributed by atoms with van der Waals surface area (Å²) in [6.07, 6.45) is -7.21. The molecule has 1 aliphatic heterocycles. The molecule has 1 aromatic rings. The number of rotatable bonds is 8. The van der Waals surface area contributed by atoms with Crippen molar-refractivity contribution < 1.29 is 40.7 Å². The summed E-state index contributed by atoms with van der Waals surface area (Å²) in [4.78, 5) is 26.8. The zero-order chi connectivity index (χ0) is 25.1. The van der Waals surface area contributed by atoms with Crippen molar-refractivity contribution in [2.24, 2.45) is 11.7 Å². The standard InChI is InChI=1S/C21H26F6N4O3/c22-20(23,24)12-30(10-13-2-1-3-13)17(9-28)19(33)29-16-5-4-14(8-15(16)21(25,26)27)31-6-7-34-11-18(31)32/h4-5,8,13,17H,1-3,6-7,9-12,28H2,(H,29,33)/t17-/m1/s1. The average molecular weight is 496 g/mol. The Morgan fingerprint density at radius 2 is 1.94 bits per heavy atom. The second-order valence-corrected chi connectivity index (χ2v) is 8.41. The lowest BCUT2D eigenvalue weighted by Crippen LogP contribution is -2.53. The van der Waals surface area contributed by atoms with Crippen LogP contribution in [0.3, 0.4) is 0 Å². The van der Waals surface area contributed by atoms with Crippen LogP contribution in [0.4, 0.5) is 37.7 Å². The molecule has 1 saturated carbocycles. The molecule has 2 aliphatic rings. The highest BCUT2D eigenvalue weighted by Gasteiger charge is 2.39. The number of ether oxygens (including phenoxy) is 1. The molecule has 1 aromatic carbocycles. The van der Waals surface area contributed by atoms with Crippen LogP contribution in [-0.4, -0.2) is 68.3 Å². The highest BCUT2D eigenvalue weighted by atomic mass is 19.4. The molecule has 0 spiro atoms. The van der Waals surface area contributed by atoms with E-state index in [0.29, 0.717) is 12.8 Å². The Hall–Kier alpha value is -2.38. The third kappa shape index (κ3) is 6.60. The number of nitrogens with zero attached hydrogens (tertiary/aromatic N) is 2. The molecule has 13 heteroatoms. The second kappa shape index (κ2) is 10.5. The lowest BCUT2D eigenvalue weighted by Gasteiger charge is -2.36. The fourth-order valence-corrected chi connectivity index (χ4v) is 4.01. The third-order valence-corrected chi connectivity index (χ3v) is 5.93. The number of amides is 2. The van der Waals surface area contributed by atoms with E-state index < -0.39 is 54.5 Å². The maximum Gasteiger partial charge on any atom is 0.418 e. The van der Waals surface area contributed by atoms with Crippen LogP contribution in [0.25, 0.3) is 0 Å². The van der Waals surface area contributed by atoms with Crippen LogP contribution >= 0.6 is 0 Å². The third-order valence-electron chi connectivity index (χ3n) is 5.93. The smallest absolute Gasteiger partial charge is 0.370 e. The Morgan fingerprint density at radius 1 is 1.24 bits per heavy atom. The van der Waals surface area contributed by atoms with Crippen LogP contribution < -0.4 is 16.0 Å². The fraction of sp³-hybridized carbons (Fsp3) is 0.619. The number of nitrogens with one attached hydrogen (secondary N) is 1. The van der Waals surface area contributed by atoms with Crippen LogP contribution in [0.1, 0.15) is 24.8 Å². The van der Waals surface area contributed by atoms with Gasteiger partial charge in [0.15, 0.2) is 0 Å². The van der Waals surface area contributed by atoms with Gasteiger partial charge in [-0.2, -0.15) is 26.3 Å². The van der Waals surface area contributed by atoms with E-state index in [-0.39, 0.29) is 37.9 Å². The summed E-state index contributed by atoms with van der Waals surface area (Å²) < 4.78 is 85.7. The predicted molar refractivity (Wildman–Crippen MR) is 111 cm³/mol. The number of carbonyl (C=O) groups is 2. The first-order valence-corrected chi connectivity index (χ1v) is 10.8. The molecule has 1 saturated heterocycles. The van der Waals surface area contributed by atoms with Crippen molar-refractivity contribution in [2.75, 3.05) is 49.6 Å². The van der Waals surface area contributed by atoms with Crippen molar-refractivity contribution in [3.8, 4) is 0 Å². The lowest BCUT2D eigenvalue weighted by molar-refractivity contribution is -0.155. The van der Waals surface area contributed by atoms with E-state index >= 15 is 0 Å². The molecule has 3 rings (SSSR count). The number of alkyl halides is 6. The Bertz CT molecular complexity index is 888. The molecule has 34 heavy (non-hydrogen) atoms. The molecule has 2 amide bonds. The van der Waals surface area contributed by atoms with Crippen molar-refractivity contribution in [1.29, 1.82) is 0 Å². The van der Waals surface area contributed by atoms with E-state index in [2.05, 4.69) is 5.32 Å². The van der Waals surface area contributed by atoms with Crippen molar-refractivity contribution >= 4 is 23.2 Å².